The van der Waals surface area contributed by atoms with Crippen LogP contribution in [0.5, 0.6) is 0 Å². The van der Waals surface area contributed by atoms with Gasteiger partial charge >= 0.3 is 0 Å². The highest BCUT2D eigenvalue weighted by molar-refractivity contribution is 6.06. The van der Waals surface area contributed by atoms with Crippen LogP contribution in [0.25, 0.3) is 10.9 Å². The molecule has 0 spiro atoms. The molecule has 0 radical (unpaired) electrons. The number of rotatable bonds is 3. The van der Waals surface area contributed by atoms with Crippen molar-refractivity contribution in [1.82, 2.24) is 19.8 Å². The van der Waals surface area contributed by atoms with Gasteiger partial charge in [0.1, 0.15) is 11.7 Å². The Kier molecular flexibility index (Phi) is 4.45. The molecule has 0 bridgehead atoms. The van der Waals surface area contributed by atoms with Crippen molar-refractivity contribution in [2.45, 2.75) is 38.5 Å². The molecule has 130 valence electrons. The Morgan fingerprint density at radius 2 is 2.21 bits per heavy atom. The van der Waals surface area contributed by atoms with E-state index in [1.165, 1.54) is 10.8 Å². The minimum atomic E-state index is -1.10. The Balaban J connectivity index is 1.80. The molecular weight excluding hydrogens is 311 g/mol. The number of pyridine rings is 1. The summed E-state index contributed by atoms with van der Waals surface area (Å²) in [5.74, 6) is -0.346. The van der Waals surface area contributed by atoms with Crippen molar-refractivity contribution >= 4 is 16.8 Å². The van der Waals surface area contributed by atoms with Crippen LogP contribution in [0.1, 0.15) is 30.6 Å². The maximum atomic E-state index is 14.4. The first-order valence-electron chi connectivity index (χ1n) is 8.24. The lowest BCUT2D eigenvalue weighted by molar-refractivity contribution is 0.0695. The molecule has 0 saturated carbocycles. The number of aromatic amines is 1. The van der Waals surface area contributed by atoms with Crippen LogP contribution in [-0.4, -0.2) is 51.7 Å². The summed E-state index contributed by atoms with van der Waals surface area (Å²) in [4.78, 5) is 29.6. The Hall–Kier alpha value is -2.15. The molecule has 3 heterocycles. The van der Waals surface area contributed by atoms with E-state index in [4.69, 9.17) is 0 Å². The van der Waals surface area contributed by atoms with Gasteiger partial charge in [-0.1, -0.05) is 0 Å². The molecule has 0 unspecified atom stereocenters. The molecular formula is C17H23FN4O2. The number of H-pyrrole nitrogens is 1. The lowest BCUT2D eigenvalue weighted by atomic mass is 10.0. The van der Waals surface area contributed by atoms with Crippen LogP contribution in [0.4, 0.5) is 4.39 Å². The Bertz CT molecular complexity index is 811. The van der Waals surface area contributed by atoms with E-state index in [9.17, 15) is 14.0 Å². The zero-order valence-corrected chi connectivity index (χ0v) is 14.2. The maximum absolute atomic E-state index is 14.4. The van der Waals surface area contributed by atoms with E-state index in [2.05, 4.69) is 15.2 Å². The predicted octanol–water partition coefficient (Wildman–Crippen LogP) is 1.42. The molecule has 2 aromatic heterocycles. The molecule has 0 aromatic carbocycles. The molecule has 24 heavy (non-hydrogen) atoms. The first-order valence-corrected chi connectivity index (χ1v) is 8.24. The van der Waals surface area contributed by atoms with Gasteiger partial charge in [0, 0.05) is 44.0 Å². The van der Waals surface area contributed by atoms with Crippen molar-refractivity contribution in [1.29, 1.82) is 0 Å². The summed E-state index contributed by atoms with van der Waals surface area (Å²) in [7, 11) is 1.60. The van der Waals surface area contributed by atoms with Gasteiger partial charge in [0.25, 0.3) is 11.5 Å². The summed E-state index contributed by atoms with van der Waals surface area (Å²) >= 11 is 0. The highest BCUT2D eigenvalue weighted by Crippen LogP contribution is 2.19. The number of halogens is 1. The lowest BCUT2D eigenvalue weighted by Gasteiger charge is -2.37. The topological polar surface area (TPSA) is 70.1 Å². The van der Waals surface area contributed by atoms with E-state index in [1.54, 1.807) is 19.3 Å². The van der Waals surface area contributed by atoms with E-state index in [0.29, 0.717) is 35.5 Å². The zero-order chi connectivity index (χ0) is 17.4. The van der Waals surface area contributed by atoms with E-state index in [-0.39, 0.29) is 11.5 Å². The third-order valence-electron chi connectivity index (χ3n) is 4.76. The Morgan fingerprint density at radius 1 is 1.46 bits per heavy atom. The molecule has 1 saturated heterocycles. The molecule has 1 amide bonds. The number of aryl methyl sites for hydroxylation is 1. The number of hydrogen-bond donors (Lipinski definition) is 2. The number of piperidine rings is 1. The molecule has 1 fully saturated rings. The number of carbonyl (C=O) groups is 1. The number of aromatic nitrogens is 2. The summed E-state index contributed by atoms with van der Waals surface area (Å²) in [5, 5.41) is 3.36. The summed E-state index contributed by atoms with van der Waals surface area (Å²) in [6.45, 7) is 5.17. The zero-order valence-electron chi connectivity index (χ0n) is 14.2. The monoisotopic (exact) mass is 334 g/mol. The minimum absolute atomic E-state index is 0.194. The van der Waals surface area contributed by atoms with E-state index >= 15 is 0 Å². The standard InChI is InChI=1S/C17H23FN4O2/c1-10(2)22-7-5-14(13(18)9-22)20-16(23)12-8-21(3)17(24)15-11(12)4-6-19-15/h4,6,8,10,13-14,19H,5,7,9H2,1-3H3,(H,20,23)/t13-,14-/m1/s1. The minimum Gasteiger partial charge on any atom is -0.357 e. The normalized spacial score (nSPS) is 22.2. The summed E-state index contributed by atoms with van der Waals surface area (Å²) in [5.41, 5.74) is 0.573. The molecule has 2 atom stereocenters. The van der Waals surface area contributed by atoms with E-state index in [1.807, 2.05) is 13.8 Å². The molecule has 2 aromatic rings. The fourth-order valence-electron chi connectivity index (χ4n) is 3.26. The van der Waals surface area contributed by atoms with Crippen LogP contribution in [0.2, 0.25) is 0 Å². The second-order valence-corrected chi connectivity index (χ2v) is 6.70. The van der Waals surface area contributed by atoms with Crippen LogP contribution in [-0.2, 0) is 7.05 Å². The number of fused-ring (bicyclic) bond motifs is 1. The van der Waals surface area contributed by atoms with Gasteiger partial charge < -0.3 is 14.9 Å². The lowest BCUT2D eigenvalue weighted by Crippen LogP contribution is -2.53. The third kappa shape index (κ3) is 2.96. The van der Waals surface area contributed by atoms with Gasteiger partial charge in [-0.15, -0.1) is 0 Å². The van der Waals surface area contributed by atoms with Crippen molar-refractivity contribution < 1.29 is 9.18 Å². The predicted molar refractivity (Wildman–Crippen MR) is 91.0 cm³/mol. The molecule has 1 aliphatic rings. The molecule has 2 N–H and O–H groups in total. The third-order valence-corrected chi connectivity index (χ3v) is 4.76. The van der Waals surface area contributed by atoms with Gasteiger partial charge in [-0.2, -0.15) is 0 Å². The van der Waals surface area contributed by atoms with Crippen LogP contribution < -0.4 is 10.9 Å². The molecule has 1 aliphatic heterocycles. The quantitative estimate of drug-likeness (QED) is 0.892. The number of alkyl halides is 1. The van der Waals surface area contributed by atoms with E-state index < -0.39 is 12.2 Å². The fourth-order valence-corrected chi connectivity index (χ4v) is 3.26. The average molecular weight is 334 g/mol. The Labute approximate surface area is 139 Å². The molecule has 7 heteroatoms. The molecule has 3 rings (SSSR count). The smallest absolute Gasteiger partial charge is 0.274 e. The first kappa shape index (κ1) is 16.7. The fraction of sp³-hybridized carbons (Fsp3) is 0.529. The number of nitrogens with zero attached hydrogens (tertiary/aromatic N) is 2. The van der Waals surface area contributed by atoms with Crippen molar-refractivity contribution in [3.8, 4) is 0 Å². The highest BCUT2D eigenvalue weighted by atomic mass is 19.1. The van der Waals surface area contributed by atoms with Gasteiger partial charge in [-0.05, 0) is 26.3 Å². The van der Waals surface area contributed by atoms with Crippen molar-refractivity contribution in [3.05, 3.63) is 34.4 Å². The van der Waals surface area contributed by atoms with Crippen molar-refractivity contribution in [2.75, 3.05) is 13.1 Å². The molecule has 0 aliphatic carbocycles. The van der Waals surface area contributed by atoms with Crippen LogP contribution >= 0.6 is 0 Å². The average Bonchev–Trinajstić information content (AvgIpc) is 3.02. The summed E-state index contributed by atoms with van der Waals surface area (Å²) in [6, 6.07) is 1.49. The summed E-state index contributed by atoms with van der Waals surface area (Å²) in [6.07, 6.45) is 2.61. The van der Waals surface area contributed by atoms with Gasteiger partial charge in [0.05, 0.1) is 11.6 Å². The second kappa shape index (κ2) is 6.39. The van der Waals surface area contributed by atoms with E-state index in [0.717, 1.165) is 6.54 Å². The van der Waals surface area contributed by atoms with Crippen LogP contribution in [0.3, 0.4) is 0 Å². The summed E-state index contributed by atoms with van der Waals surface area (Å²) < 4.78 is 15.8. The maximum Gasteiger partial charge on any atom is 0.274 e. The number of nitrogens with one attached hydrogen (secondary N) is 2. The van der Waals surface area contributed by atoms with Crippen LogP contribution in [0, 0.1) is 0 Å². The Morgan fingerprint density at radius 3 is 2.88 bits per heavy atom. The second-order valence-electron chi connectivity index (χ2n) is 6.70. The SMILES string of the molecule is CC(C)N1CC[C@@H](NC(=O)c2cn(C)c(=O)c3[nH]ccc23)[C@H](F)C1. The van der Waals surface area contributed by atoms with Crippen LogP contribution in [0.15, 0.2) is 23.3 Å². The number of carbonyl (C=O) groups excluding carboxylic acids is 1. The number of hydrogen-bond acceptors (Lipinski definition) is 3. The van der Waals surface area contributed by atoms with Crippen molar-refractivity contribution in [2.24, 2.45) is 7.05 Å². The first-order chi connectivity index (χ1) is 11.4. The van der Waals surface area contributed by atoms with Crippen molar-refractivity contribution in [3.63, 3.8) is 0 Å². The van der Waals surface area contributed by atoms with Gasteiger partial charge in [-0.25, -0.2) is 4.39 Å². The van der Waals surface area contributed by atoms with Gasteiger partial charge in [0.2, 0.25) is 0 Å². The highest BCUT2D eigenvalue weighted by Gasteiger charge is 2.31. The van der Waals surface area contributed by atoms with Gasteiger partial charge in [-0.3, -0.25) is 14.5 Å². The number of likely N-dealkylation sites (tertiary alicyclic amines) is 1. The molecule has 6 nitrogen and oxygen atoms in total. The number of amides is 1. The largest absolute Gasteiger partial charge is 0.357 e. The van der Waals surface area contributed by atoms with Gasteiger partial charge in [0.15, 0.2) is 0 Å².